The van der Waals surface area contributed by atoms with Gasteiger partial charge in [0.05, 0.1) is 6.54 Å². The monoisotopic (exact) mass is 389 g/mol. The maximum atomic E-state index is 12.5. The summed E-state index contributed by atoms with van der Waals surface area (Å²) in [7, 11) is 0. The molecule has 2 heterocycles. The third-order valence-corrected chi connectivity index (χ3v) is 4.85. The van der Waals surface area contributed by atoms with Crippen LogP contribution in [0.25, 0.3) is 0 Å². The van der Waals surface area contributed by atoms with Crippen molar-refractivity contribution in [2.75, 3.05) is 10.2 Å². The van der Waals surface area contributed by atoms with Crippen LogP contribution >= 0.6 is 11.6 Å². The van der Waals surface area contributed by atoms with Crippen LogP contribution in [0.3, 0.4) is 0 Å². The van der Waals surface area contributed by atoms with E-state index in [2.05, 4.69) is 15.3 Å². The van der Waals surface area contributed by atoms with Gasteiger partial charge in [-0.2, -0.15) is 5.26 Å². The Morgan fingerprint density at radius 2 is 1.89 bits per heavy atom. The van der Waals surface area contributed by atoms with E-state index in [1.54, 1.807) is 4.90 Å². The molecule has 0 spiro atoms. The number of carbonyl (C=O) groups excluding carboxylic acids is 1. The van der Waals surface area contributed by atoms with Crippen LogP contribution in [-0.4, -0.2) is 15.9 Å². The molecule has 2 aromatic carbocycles. The Labute approximate surface area is 167 Å². The molecule has 1 aliphatic rings. The van der Waals surface area contributed by atoms with E-state index in [-0.39, 0.29) is 11.6 Å². The highest BCUT2D eigenvalue weighted by Crippen LogP contribution is 2.32. The topological polar surface area (TPSA) is 81.9 Å². The summed E-state index contributed by atoms with van der Waals surface area (Å²) in [5, 5.41) is 13.0. The van der Waals surface area contributed by atoms with Gasteiger partial charge < -0.3 is 10.2 Å². The van der Waals surface area contributed by atoms with Gasteiger partial charge in [0.1, 0.15) is 6.07 Å². The molecule has 0 bridgehead atoms. The van der Waals surface area contributed by atoms with Crippen molar-refractivity contribution >= 4 is 34.7 Å². The molecule has 1 aliphatic heterocycles. The predicted molar refractivity (Wildman–Crippen MR) is 107 cm³/mol. The number of nitrogens with zero attached hydrogens (tertiary/aromatic N) is 4. The standard InChI is InChI=1S/C21H16ClN5O/c22-16-4-1-14(2-5-16)13-27-19-7-6-17(11-15(19)3-8-20(27)28)26-21-18(12-23)24-9-10-25-21/h1-2,4-7,9-11H,3,8,13H2,(H,25,26). The van der Waals surface area contributed by atoms with Crippen molar-refractivity contribution in [1.82, 2.24) is 9.97 Å². The van der Waals surface area contributed by atoms with Crippen LogP contribution in [0.1, 0.15) is 23.2 Å². The highest BCUT2D eigenvalue weighted by molar-refractivity contribution is 6.30. The third-order valence-electron chi connectivity index (χ3n) is 4.60. The van der Waals surface area contributed by atoms with Crippen molar-refractivity contribution in [2.24, 2.45) is 0 Å². The first-order valence-electron chi connectivity index (χ1n) is 8.80. The number of rotatable bonds is 4. The number of hydrogen-bond donors (Lipinski definition) is 1. The maximum absolute atomic E-state index is 12.5. The molecule has 4 rings (SSSR count). The van der Waals surface area contributed by atoms with E-state index in [4.69, 9.17) is 16.9 Å². The Morgan fingerprint density at radius 3 is 2.68 bits per heavy atom. The van der Waals surface area contributed by atoms with E-state index in [1.165, 1.54) is 12.4 Å². The smallest absolute Gasteiger partial charge is 0.227 e. The summed E-state index contributed by atoms with van der Waals surface area (Å²) in [6, 6.07) is 15.3. The quantitative estimate of drug-likeness (QED) is 0.722. The van der Waals surface area contributed by atoms with Gasteiger partial charge in [-0.15, -0.1) is 0 Å². The molecule has 1 aromatic heterocycles. The van der Waals surface area contributed by atoms with Gasteiger partial charge in [0, 0.05) is 35.2 Å². The molecule has 0 saturated carbocycles. The second kappa shape index (κ2) is 7.67. The van der Waals surface area contributed by atoms with Crippen molar-refractivity contribution in [1.29, 1.82) is 5.26 Å². The van der Waals surface area contributed by atoms with E-state index in [0.717, 1.165) is 22.5 Å². The van der Waals surface area contributed by atoms with Gasteiger partial charge in [0.15, 0.2) is 11.5 Å². The normalized spacial score (nSPS) is 13.0. The average molecular weight is 390 g/mol. The van der Waals surface area contributed by atoms with Crippen LogP contribution in [0.5, 0.6) is 0 Å². The number of anilines is 3. The Hall–Kier alpha value is -3.43. The average Bonchev–Trinajstić information content (AvgIpc) is 2.72. The third kappa shape index (κ3) is 3.66. The lowest BCUT2D eigenvalue weighted by molar-refractivity contribution is -0.119. The summed E-state index contributed by atoms with van der Waals surface area (Å²) in [5.74, 6) is 0.513. The molecule has 6 nitrogen and oxygen atoms in total. The Bertz CT molecular complexity index is 1070. The minimum atomic E-state index is 0.101. The molecule has 7 heteroatoms. The van der Waals surface area contributed by atoms with E-state index >= 15 is 0 Å². The van der Waals surface area contributed by atoms with Crippen LogP contribution in [0, 0.1) is 11.3 Å². The van der Waals surface area contributed by atoms with Crippen molar-refractivity contribution in [3.05, 3.63) is 76.7 Å². The van der Waals surface area contributed by atoms with Crippen LogP contribution < -0.4 is 10.2 Å². The molecule has 1 amide bonds. The minimum absolute atomic E-state index is 0.101. The molecular weight excluding hydrogens is 374 g/mol. The lowest BCUT2D eigenvalue weighted by atomic mass is 9.99. The molecule has 1 N–H and O–H groups in total. The van der Waals surface area contributed by atoms with Crippen LogP contribution in [0.4, 0.5) is 17.2 Å². The minimum Gasteiger partial charge on any atom is -0.338 e. The highest BCUT2D eigenvalue weighted by atomic mass is 35.5. The fourth-order valence-electron chi connectivity index (χ4n) is 3.23. The summed E-state index contributed by atoms with van der Waals surface area (Å²) in [6.07, 6.45) is 4.15. The zero-order valence-electron chi connectivity index (χ0n) is 14.9. The number of hydrogen-bond acceptors (Lipinski definition) is 5. The van der Waals surface area contributed by atoms with Gasteiger partial charge >= 0.3 is 0 Å². The number of carbonyl (C=O) groups is 1. The number of amides is 1. The summed E-state index contributed by atoms with van der Waals surface area (Å²) in [4.78, 5) is 22.5. The van der Waals surface area contributed by atoms with Crippen molar-refractivity contribution in [3.63, 3.8) is 0 Å². The Kier molecular flexibility index (Phi) is 4.92. The first kappa shape index (κ1) is 18.0. The van der Waals surface area contributed by atoms with Crippen molar-refractivity contribution < 1.29 is 4.79 Å². The van der Waals surface area contributed by atoms with Gasteiger partial charge in [-0.3, -0.25) is 4.79 Å². The number of benzene rings is 2. The van der Waals surface area contributed by atoms with Gasteiger partial charge in [-0.25, -0.2) is 9.97 Å². The Balaban J connectivity index is 1.61. The van der Waals surface area contributed by atoms with Gasteiger partial charge in [0.2, 0.25) is 5.91 Å². The molecule has 0 saturated heterocycles. The molecule has 28 heavy (non-hydrogen) atoms. The zero-order valence-corrected chi connectivity index (χ0v) is 15.6. The van der Waals surface area contributed by atoms with Crippen molar-refractivity contribution in [2.45, 2.75) is 19.4 Å². The number of aromatic nitrogens is 2. The van der Waals surface area contributed by atoms with Crippen molar-refractivity contribution in [3.8, 4) is 6.07 Å². The number of nitrogens with one attached hydrogen (secondary N) is 1. The van der Waals surface area contributed by atoms with Gasteiger partial charge in [-0.05, 0) is 47.9 Å². The fourth-order valence-corrected chi connectivity index (χ4v) is 3.36. The molecule has 3 aromatic rings. The molecule has 0 aliphatic carbocycles. The number of fused-ring (bicyclic) bond motifs is 1. The zero-order chi connectivity index (χ0) is 19.5. The molecule has 0 fully saturated rings. The number of halogens is 1. The molecular formula is C21H16ClN5O. The predicted octanol–water partition coefficient (Wildman–Crippen LogP) is 4.22. The van der Waals surface area contributed by atoms with E-state index in [1.807, 2.05) is 48.5 Å². The summed E-state index contributed by atoms with van der Waals surface area (Å²) >= 11 is 5.95. The van der Waals surface area contributed by atoms with Gasteiger partial charge in [-0.1, -0.05) is 23.7 Å². The van der Waals surface area contributed by atoms with Gasteiger partial charge in [0.25, 0.3) is 0 Å². The first-order chi connectivity index (χ1) is 13.6. The molecule has 0 unspecified atom stereocenters. The lowest BCUT2D eigenvalue weighted by Gasteiger charge is -2.30. The Morgan fingerprint density at radius 1 is 1.11 bits per heavy atom. The van der Waals surface area contributed by atoms with E-state index in [9.17, 15) is 4.79 Å². The lowest BCUT2D eigenvalue weighted by Crippen LogP contribution is -2.34. The molecule has 138 valence electrons. The van der Waals surface area contributed by atoms with Crippen LogP contribution in [0.15, 0.2) is 54.9 Å². The summed E-state index contributed by atoms with van der Waals surface area (Å²) in [5.41, 5.74) is 4.03. The second-order valence-electron chi connectivity index (χ2n) is 6.44. The molecule has 0 atom stereocenters. The van der Waals surface area contributed by atoms with E-state index < -0.39 is 0 Å². The fraction of sp³-hybridized carbons (Fsp3) is 0.143. The van der Waals surface area contributed by atoms with E-state index in [0.29, 0.717) is 30.2 Å². The first-order valence-corrected chi connectivity index (χ1v) is 9.18. The molecule has 0 radical (unpaired) electrons. The summed E-state index contributed by atoms with van der Waals surface area (Å²) in [6.45, 7) is 0.499. The maximum Gasteiger partial charge on any atom is 0.227 e. The van der Waals surface area contributed by atoms with Crippen LogP contribution in [-0.2, 0) is 17.8 Å². The largest absolute Gasteiger partial charge is 0.338 e. The van der Waals surface area contributed by atoms with Crippen LogP contribution in [0.2, 0.25) is 5.02 Å². The number of nitriles is 1. The number of aryl methyl sites for hydroxylation is 1. The highest BCUT2D eigenvalue weighted by Gasteiger charge is 2.24. The summed E-state index contributed by atoms with van der Waals surface area (Å²) < 4.78 is 0. The SMILES string of the molecule is N#Cc1nccnc1Nc1ccc2c(c1)CCC(=O)N2Cc1ccc(Cl)cc1. The second-order valence-corrected chi connectivity index (χ2v) is 6.88.